The van der Waals surface area contributed by atoms with Crippen molar-refractivity contribution in [3.05, 3.63) is 52.8 Å². The van der Waals surface area contributed by atoms with Crippen LogP contribution in [0.1, 0.15) is 53.5 Å². The number of Topliss-reactive ketones (excluding diaryl/α,β-unsaturated/α-hetero) is 1. The molecular weight excluding hydrogens is 336 g/mol. The second-order valence-corrected chi connectivity index (χ2v) is 7.74. The van der Waals surface area contributed by atoms with E-state index in [0.29, 0.717) is 41.4 Å². The third kappa shape index (κ3) is 2.85. The van der Waals surface area contributed by atoms with Crippen LogP contribution in [-0.4, -0.2) is 33.9 Å². The lowest BCUT2D eigenvalue weighted by Gasteiger charge is -2.21. The number of hydrogen-bond donors (Lipinski definition) is 0. The number of ketones is 1. The van der Waals surface area contributed by atoms with Gasteiger partial charge in [0.25, 0.3) is 0 Å². The van der Waals surface area contributed by atoms with Gasteiger partial charge in [0.2, 0.25) is 0 Å². The van der Waals surface area contributed by atoms with Crippen molar-refractivity contribution in [3.8, 4) is 17.8 Å². The molecule has 3 heterocycles. The molecule has 0 radical (unpaired) electrons. The van der Waals surface area contributed by atoms with E-state index in [0.717, 1.165) is 11.4 Å². The maximum atomic E-state index is 13.1. The van der Waals surface area contributed by atoms with Gasteiger partial charge in [-0.15, -0.1) is 0 Å². The van der Waals surface area contributed by atoms with Crippen molar-refractivity contribution in [1.82, 2.24) is 9.47 Å². The minimum absolute atomic E-state index is 0.0856. The average Bonchev–Trinajstić information content (AvgIpc) is 3.31. The molecular formula is C22H22N4O. The van der Waals surface area contributed by atoms with Crippen LogP contribution in [0.25, 0.3) is 5.69 Å². The Hall–Kier alpha value is -2.89. The summed E-state index contributed by atoms with van der Waals surface area (Å²) in [7, 11) is 0. The first kappa shape index (κ1) is 17.5. The summed E-state index contributed by atoms with van der Waals surface area (Å²) in [5.74, 6) is 0.748. The van der Waals surface area contributed by atoms with Crippen molar-refractivity contribution >= 4 is 5.78 Å². The maximum Gasteiger partial charge on any atom is 0.178 e. The summed E-state index contributed by atoms with van der Waals surface area (Å²) in [5.41, 5.74) is 3.20. The van der Waals surface area contributed by atoms with Crippen molar-refractivity contribution in [3.63, 3.8) is 0 Å². The molecule has 2 aliphatic rings. The highest BCUT2D eigenvalue weighted by atomic mass is 16.1. The number of aromatic nitrogens is 1. The highest BCUT2D eigenvalue weighted by Crippen LogP contribution is 2.41. The van der Waals surface area contributed by atoms with Crippen molar-refractivity contribution in [2.75, 3.05) is 6.54 Å². The molecule has 0 amide bonds. The molecule has 2 bridgehead atoms. The molecule has 2 saturated heterocycles. The van der Waals surface area contributed by atoms with E-state index < -0.39 is 0 Å². The molecule has 27 heavy (non-hydrogen) atoms. The molecule has 3 atom stereocenters. The summed E-state index contributed by atoms with van der Waals surface area (Å²) in [6.07, 6.45) is 3.57. The summed E-state index contributed by atoms with van der Waals surface area (Å²) in [6.45, 7) is 4.60. The zero-order valence-corrected chi connectivity index (χ0v) is 15.6. The van der Waals surface area contributed by atoms with Gasteiger partial charge in [0, 0.05) is 29.0 Å². The number of rotatable bonds is 4. The van der Waals surface area contributed by atoms with Crippen molar-refractivity contribution in [2.24, 2.45) is 5.92 Å². The van der Waals surface area contributed by atoms with Gasteiger partial charge >= 0.3 is 0 Å². The lowest BCUT2D eigenvalue weighted by molar-refractivity contribution is 0.0913. The lowest BCUT2D eigenvalue weighted by Crippen LogP contribution is -2.35. The molecule has 2 unspecified atom stereocenters. The number of carbonyl (C=O) groups is 1. The smallest absolute Gasteiger partial charge is 0.178 e. The fraction of sp³-hybridized carbons (Fsp3) is 0.409. The molecule has 1 aromatic carbocycles. The molecule has 1 aromatic heterocycles. The van der Waals surface area contributed by atoms with Gasteiger partial charge in [0.15, 0.2) is 5.78 Å². The molecule has 2 aromatic rings. The Balaban J connectivity index is 1.64. The summed E-state index contributed by atoms with van der Waals surface area (Å²) in [4.78, 5) is 15.4. The molecule has 0 aliphatic carbocycles. The second-order valence-electron chi connectivity index (χ2n) is 7.74. The largest absolute Gasteiger partial charge is 0.305 e. The first-order valence-corrected chi connectivity index (χ1v) is 9.45. The van der Waals surface area contributed by atoms with E-state index >= 15 is 0 Å². The summed E-state index contributed by atoms with van der Waals surface area (Å²) in [6, 6.07) is 14.1. The fourth-order valence-electron chi connectivity index (χ4n) is 4.90. The van der Waals surface area contributed by atoms with Gasteiger partial charge in [0.05, 0.1) is 18.2 Å². The minimum atomic E-state index is 0.0856. The normalized spacial score (nSPS) is 23.9. The first-order valence-electron chi connectivity index (χ1n) is 9.45. The Morgan fingerprint density at radius 1 is 1.19 bits per heavy atom. The molecule has 136 valence electrons. The molecule has 0 N–H and O–H groups in total. The Labute approximate surface area is 159 Å². The van der Waals surface area contributed by atoms with Crippen LogP contribution in [0.2, 0.25) is 0 Å². The Kier molecular flexibility index (Phi) is 4.34. The standard InChI is InChI=1S/C22H22N4O/c1-14-9-18-7-8-21(14)25(18)13-22(27)20-10-19(12-24)26(15(20)2)17-5-3-16(11-23)4-6-17/h3-6,10,14,18,21H,7-9,13H2,1-2H3/t14-,18?,21?/m0/s1. The van der Waals surface area contributed by atoms with Crippen LogP contribution in [0.3, 0.4) is 0 Å². The fourth-order valence-corrected chi connectivity index (χ4v) is 4.90. The lowest BCUT2D eigenvalue weighted by atomic mass is 9.91. The third-order valence-electron chi connectivity index (χ3n) is 6.23. The molecule has 2 aliphatic heterocycles. The van der Waals surface area contributed by atoms with E-state index in [-0.39, 0.29) is 5.78 Å². The molecule has 5 nitrogen and oxygen atoms in total. The number of nitrogens with zero attached hydrogens (tertiary/aromatic N) is 4. The number of benzene rings is 1. The van der Waals surface area contributed by atoms with Gasteiger partial charge in [-0.3, -0.25) is 9.69 Å². The van der Waals surface area contributed by atoms with Crippen molar-refractivity contribution < 1.29 is 4.79 Å². The van der Waals surface area contributed by atoms with Gasteiger partial charge < -0.3 is 4.57 Å². The highest BCUT2D eigenvalue weighted by molar-refractivity contribution is 5.99. The zero-order valence-electron chi connectivity index (χ0n) is 15.6. The minimum Gasteiger partial charge on any atom is -0.305 e. The quantitative estimate of drug-likeness (QED) is 0.783. The number of hydrogen-bond acceptors (Lipinski definition) is 4. The maximum absolute atomic E-state index is 13.1. The summed E-state index contributed by atoms with van der Waals surface area (Å²) >= 11 is 0. The Morgan fingerprint density at radius 3 is 2.48 bits per heavy atom. The summed E-state index contributed by atoms with van der Waals surface area (Å²) in [5, 5.41) is 18.5. The van der Waals surface area contributed by atoms with Crippen LogP contribution < -0.4 is 0 Å². The Morgan fingerprint density at radius 2 is 1.93 bits per heavy atom. The molecule has 0 spiro atoms. The average molecular weight is 358 g/mol. The number of fused-ring (bicyclic) bond motifs is 2. The summed E-state index contributed by atoms with van der Waals surface area (Å²) < 4.78 is 1.80. The Bertz CT molecular complexity index is 973. The van der Waals surface area contributed by atoms with E-state index in [1.807, 2.05) is 19.1 Å². The first-order chi connectivity index (χ1) is 13.0. The van der Waals surface area contributed by atoms with Gasteiger partial charge in [-0.05, 0) is 62.4 Å². The number of carbonyl (C=O) groups excluding carboxylic acids is 1. The SMILES string of the molecule is Cc1c(C(=O)CN2C3CCC2[C@@H](C)C3)cc(C#N)n1-c1ccc(C#N)cc1. The second kappa shape index (κ2) is 6.68. The van der Waals surface area contributed by atoms with E-state index in [1.54, 1.807) is 22.8 Å². The van der Waals surface area contributed by atoms with Crippen LogP contribution in [0.15, 0.2) is 30.3 Å². The number of nitriles is 2. The predicted octanol–water partition coefficient (Wildman–Crippen LogP) is 3.58. The molecule has 5 heteroatoms. The van der Waals surface area contributed by atoms with E-state index in [9.17, 15) is 10.1 Å². The van der Waals surface area contributed by atoms with Gasteiger partial charge in [-0.1, -0.05) is 6.92 Å². The van der Waals surface area contributed by atoms with Crippen LogP contribution in [0.4, 0.5) is 0 Å². The van der Waals surface area contributed by atoms with Gasteiger partial charge in [-0.2, -0.15) is 10.5 Å². The van der Waals surface area contributed by atoms with E-state index in [2.05, 4.69) is 24.0 Å². The third-order valence-corrected chi connectivity index (χ3v) is 6.23. The molecule has 4 rings (SSSR count). The predicted molar refractivity (Wildman–Crippen MR) is 102 cm³/mol. The van der Waals surface area contributed by atoms with Crippen LogP contribution in [-0.2, 0) is 0 Å². The zero-order chi connectivity index (χ0) is 19.1. The highest BCUT2D eigenvalue weighted by Gasteiger charge is 2.44. The van der Waals surface area contributed by atoms with E-state index in [1.165, 1.54) is 19.3 Å². The van der Waals surface area contributed by atoms with Crippen molar-refractivity contribution in [1.29, 1.82) is 10.5 Å². The van der Waals surface area contributed by atoms with Crippen LogP contribution >= 0.6 is 0 Å². The topological polar surface area (TPSA) is 72.8 Å². The van der Waals surface area contributed by atoms with Gasteiger partial charge in [0.1, 0.15) is 11.8 Å². The van der Waals surface area contributed by atoms with Crippen molar-refractivity contribution in [2.45, 2.75) is 45.2 Å². The monoisotopic (exact) mass is 358 g/mol. The molecule has 2 fully saturated rings. The molecule has 0 saturated carbocycles. The van der Waals surface area contributed by atoms with Crippen LogP contribution in [0.5, 0.6) is 0 Å². The van der Waals surface area contributed by atoms with Crippen LogP contribution in [0, 0.1) is 35.5 Å². The van der Waals surface area contributed by atoms with Gasteiger partial charge in [-0.25, -0.2) is 0 Å². The van der Waals surface area contributed by atoms with E-state index in [4.69, 9.17) is 5.26 Å².